The topological polar surface area (TPSA) is 68.0 Å². The monoisotopic (exact) mass is 319 g/mol. The summed E-state index contributed by atoms with van der Waals surface area (Å²) in [6.07, 6.45) is 0. The van der Waals surface area contributed by atoms with Crippen LogP contribution in [0.5, 0.6) is 0 Å². The minimum atomic E-state index is -0.241. The average Bonchev–Trinajstić information content (AvgIpc) is 3.11. The van der Waals surface area contributed by atoms with Crippen LogP contribution in [-0.4, -0.2) is 16.0 Å². The molecule has 0 aliphatic carbocycles. The molecule has 5 nitrogen and oxygen atoms in total. The molecule has 0 saturated heterocycles. The van der Waals surface area contributed by atoms with Crippen LogP contribution in [0.15, 0.2) is 22.0 Å². The predicted molar refractivity (Wildman–Crippen MR) is 84.1 cm³/mol. The molecular weight excluding hydrogens is 306 g/mol. The molecule has 3 heterocycles. The number of rotatable bonds is 3. The second kappa shape index (κ2) is 5.42. The Morgan fingerprint density at radius 1 is 1.29 bits per heavy atom. The van der Waals surface area contributed by atoms with E-state index >= 15 is 0 Å². The summed E-state index contributed by atoms with van der Waals surface area (Å²) < 4.78 is 5.01. The van der Waals surface area contributed by atoms with Crippen LogP contribution >= 0.6 is 22.7 Å². The summed E-state index contributed by atoms with van der Waals surface area (Å²) in [7, 11) is 0. The number of nitrogens with one attached hydrogen (secondary N) is 1. The van der Waals surface area contributed by atoms with Crippen LogP contribution < -0.4 is 5.32 Å². The number of hydrogen-bond acceptors (Lipinski definition) is 6. The van der Waals surface area contributed by atoms with Gasteiger partial charge in [0.1, 0.15) is 11.3 Å². The minimum Gasteiger partial charge on any atom is -0.361 e. The fraction of sp³-hybridized carbons (Fsp3) is 0.214. The second-order valence-corrected chi connectivity index (χ2v) is 6.75. The highest BCUT2D eigenvalue weighted by molar-refractivity contribution is 7.17. The van der Waals surface area contributed by atoms with Crippen LogP contribution in [0.4, 0.5) is 5.13 Å². The molecule has 0 aliphatic rings. The predicted octanol–water partition coefficient (Wildman–Crippen LogP) is 4.04. The number of nitrogens with zero attached hydrogens (tertiary/aromatic N) is 2. The van der Waals surface area contributed by atoms with Gasteiger partial charge in [-0.25, -0.2) is 4.98 Å². The summed E-state index contributed by atoms with van der Waals surface area (Å²) in [5.41, 5.74) is 1.93. The van der Waals surface area contributed by atoms with Gasteiger partial charge >= 0.3 is 0 Å². The van der Waals surface area contributed by atoms with E-state index in [1.807, 2.05) is 11.4 Å². The van der Waals surface area contributed by atoms with E-state index in [0.29, 0.717) is 22.1 Å². The summed E-state index contributed by atoms with van der Waals surface area (Å²) in [6, 6.07) is 4.09. The van der Waals surface area contributed by atoms with Gasteiger partial charge < -0.3 is 4.52 Å². The van der Waals surface area contributed by atoms with Gasteiger partial charge in [-0.1, -0.05) is 5.16 Å². The molecule has 0 radical (unpaired) electrons. The Balaban J connectivity index is 1.80. The molecule has 0 saturated carbocycles. The van der Waals surface area contributed by atoms with Crippen molar-refractivity contribution in [2.24, 2.45) is 0 Å². The van der Waals surface area contributed by atoms with E-state index in [2.05, 4.69) is 28.4 Å². The lowest BCUT2D eigenvalue weighted by molar-refractivity contribution is 0.102. The summed E-state index contributed by atoms with van der Waals surface area (Å²) in [4.78, 5) is 19.0. The highest BCUT2D eigenvalue weighted by Gasteiger charge is 2.18. The van der Waals surface area contributed by atoms with Crippen molar-refractivity contribution in [1.29, 1.82) is 0 Å². The molecule has 0 spiro atoms. The number of aromatic nitrogens is 2. The van der Waals surface area contributed by atoms with Crippen molar-refractivity contribution in [2.45, 2.75) is 20.8 Å². The van der Waals surface area contributed by atoms with Gasteiger partial charge in [0, 0.05) is 10.3 Å². The van der Waals surface area contributed by atoms with E-state index in [9.17, 15) is 4.79 Å². The molecule has 0 aromatic carbocycles. The first kappa shape index (κ1) is 14.0. The summed E-state index contributed by atoms with van der Waals surface area (Å²) >= 11 is 3.09. The lowest BCUT2D eigenvalue weighted by Crippen LogP contribution is -2.13. The highest BCUT2D eigenvalue weighted by Crippen LogP contribution is 2.30. The molecule has 0 aliphatic heterocycles. The fourth-order valence-corrected chi connectivity index (χ4v) is 3.59. The maximum absolute atomic E-state index is 12.2. The Bertz CT molecular complexity index is 781. The number of thiazole rings is 1. The Morgan fingerprint density at radius 3 is 2.71 bits per heavy atom. The number of carbonyl (C=O) groups is 1. The van der Waals surface area contributed by atoms with E-state index in [1.165, 1.54) is 16.2 Å². The van der Waals surface area contributed by atoms with Crippen LogP contribution in [0.25, 0.3) is 10.6 Å². The molecule has 21 heavy (non-hydrogen) atoms. The Kier molecular flexibility index (Phi) is 3.60. The molecule has 1 N–H and O–H groups in total. The molecular formula is C14H13N3O2S2. The van der Waals surface area contributed by atoms with Crippen molar-refractivity contribution in [3.8, 4) is 10.6 Å². The number of aryl methyl sites for hydroxylation is 3. The molecule has 0 fully saturated rings. The van der Waals surface area contributed by atoms with Gasteiger partial charge in [-0.3, -0.25) is 10.1 Å². The molecule has 0 unspecified atom stereocenters. The van der Waals surface area contributed by atoms with Crippen molar-refractivity contribution in [1.82, 2.24) is 10.1 Å². The smallest absolute Gasteiger partial charge is 0.262 e. The maximum atomic E-state index is 12.2. The number of hydrogen-bond donors (Lipinski definition) is 1. The third-order valence-electron chi connectivity index (χ3n) is 2.98. The van der Waals surface area contributed by atoms with Crippen molar-refractivity contribution < 1.29 is 9.32 Å². The van der Waals surface area contributed by atoms with Gasteiger partial charge in [-0.15, -0.1) is 22.7 Å². The fourth-order valence-electron chi connectivity index (χ4n) is 1.98. The van der Waals surface area contributed by atoms with Gasteiger partial charge in [0.25, 0.3) is 5.91 Å². The Labute approximate surface area is 129 Å². The first-order chi connectivity index (χ1) is 10.0. The normalized spacial score (nSPS) is 10.8. The Hall–Kier alpha value is -1.99. The van der Waals surface area contributed by atoms with Crippen LogP contribution in [0.2, 0.25) is 0 Å². The van der Waals surface area contributed by atoms with Crippen LogP contribution in [0, 0.1) is 20.8 Å². The Morgan fingerprint density at radius 2 is 2.10 bits per heavy atom. The highest BCUT2D eigenvalue weighted by atomic mass is 32.1. The van der Waals surface area contributed by atoms with E-state index in [4.69, 9.17) is 4.52 Å². The number of carbonyl (C=O) groups excluding carboxylic acids is 1. The summed E-state index contributed by atoms with van der Waals surface area (Å²) in [5, 5.41) is 9.09. The lowest BCUT2D eigenvalue weighted by atomic mass is 10.2. The SMILES string of the molecule is Cc1ccc(-c2csc(NC(=O)c3c(C)noc3C)n2)s1. The molecule has 1 amide bonds. The van der Waals surface area contributed by atoms with Gasteiger partial charge in [0.2, 0.25) is 0 Å². The van der Waals surface area contributed by atoms with Crippen molar-refractivity contribution >= 4 is 33.7 Å². The molecule has 3 rings (SSSR count). The zero-order valence-electron chi connectivity index (χ0n) is 11.8. The molecule has 108 valence electrons. The zero-order chi connectivity index (χ0) is 15.0. The summed E-state index contributed by atoms with van der Waals surface area (Å²) in [5.74, 6) is 0.269. The average molecular weight is 319 g/mol. The maximum Gasteiger partial charge on any atom is 0.262 e. The molecule has 7 heteroatoms. The van der Waals surface area contributed by atoms with E-state index in [1.54, 1.807) is 25.2 Å². The molecule has 0 bridgehead atoms. The van der Waals surface area contributed by atoms with Crippen molar-refractivity contribution in [3.05, 3.63) is 39.4 Å². The van der Waals surface area contributed by atoms with Gasteiger partial charge in [0.15, 0.2) is 5.13 Å². The van der Waals surface area contributed by atoms with Crippen molar-refractivity contribution in [3.63, 3.8) is 0 Å². The van der Waals surface area contributed by atoms with Gasteiger partial charge in [-0.05, 0) is 32.9 Å². The van der Waals surface area contributed by atoms with E-state index in [0.717, 1.165) is 10.6 Å². The molecule has 3 aromatic rings. The number of anilines is 1. The number of thiophene rings is 1. The third kappa shape index (κ3) is 2.74. The van der Waals surface area contributed by atoms with E-state index < -0.39 is 0 Å². The summed E-state index contributed by atoms with van der Waals surface area (Å²) in [6.45, 7) is 5.52. The van der Waals surface area contributed by atoms with Gasteiger partial charge in [-0.2, -0.15) is 0 Å². The number of amides is 1. The van der Waals surface area contributed by atoms with E-state index in [-0.39, 0.29) is 5.91 Å². The minimum absolute atomic E-state index is 0.241. The van der Waals surface area contributed by atoms with Crippen molar-refractivity contribution in [2.75, 3.05) is 5.32 Å². The lowest BCUT2D eigenvalue weighted by Gasteiger charge is -2.00. The quantitative estimate of drug-likeness (QED) is 0.791. The van der Waals surface area contributed by atoms with Gasteiger partial charge in [0.05, 0.1) is 16.3 Å². The molecule has 0 atom stereocenters. The first-order valence-corrected chi connectivity index (χ1v) is 8.01. The van der Waals surface area contributed by atoms with Crippen LogP contribution in [0.3, 0.4) is 0 Å². The second-order valence-electron chi connectivity index (χ2n) is 4.60. The van der Waals surface area contributed by atoms with Crippen LogP contribution in [-0.2, 0) is 0 Å². The largest absolute Gasteiger partial charge is 0.361 e. The zero-order valence-corrected chi connectivity index (χ0v) is 13.4. The van der Waals surface area contributed by atoms with Crippen LogP contribution in [0.1, 0.15) is 26.7 Å². The first-order valence-electron chi connectivity index (χ1n) is 6.31. The standard InChI is InChI=1S/C14H13N3O2S2/c1-7-4-5-11(21-7)10-6-20-14(15-10)16-13(18)12-8(2)17-19-9(12)3/h4-6H,1-3H3,(H,15,16,18). The third-order valence-corrected chi connectivity index (χ3v) is 4.76. The molecule has 3 aromatic heterocycles.